The Kier molecular flexibility index (Phi) is 2.79. The van der Waals surface area contributed by atoms with Gasteiger partial charge in [0, 0.05) is 12.1 Å². The molecule has 0 aliphatic rings. The molecule has 19 heavy (non-hydrogen) atoms. The molecule has 96 valence electrons. The molecular weight excluding hydrogens is 319 g/mol. The number of hydrogen-bond donors (Lipinski definition) is 1. The van der Waals surface area contributed by atoms with Gasteiger partial charge in [0.1, 0.15) is 17.9 Å². The van der Waals surface area contributed by atoms with Crippen LogP contribution in [0.2, 0.25) is 0 Å². The molecule has 0 bridgehead atoms. The summed E-state index contributed by atoms with van der Waals surface area (Å²) in [5.41, 5.74) is -0.0245. The third-order valence-electron chi connectivity index (χ3n) is 2.39. The maximum absolute atomic E-state index is 13.1. The second-order valence-electron chi connectivity index (χ2n) is 3.66. The molecule has 3 aromatic rings. The van der Waals surface area contributed by atoms with Crippen molar-refractivity contribution in [3.8, 4) is 11.6 Å². The standard InChI is InChI=1S/C11H6BrFN4O2/c12-7-2-1-6(13)3-8(7)19-10-4-9-15-16-11(18)17(9)5-14-10/h1-5H,(H,16,18). The summed E-state index contributed by atoms with van der Waals surface area (Å²) in [5.74, 6) is 0.0720. The molecule has 2 heterocycles. The average molecular weight is 325 g/mol. The molecule has 0 fully saturated rings. The summed E-state index contributed by atoms with van der Waals surface area (Å²) in [6.07, 6.45) is 1.28. The highest BCUT2D eigenvalue weighted by Gasteiger charge is 2.08. The van der Waals surface area contributed by atoms with Crippen molar-refractivity contribution in [1.29, 1.82) is 0 Å². The maximum Gasteiger partial charge on any atom is 0.348 e. The summed E-state index contributed by atoms with van der Waals surface area (Å²) in [4.78, 5) is 15.2. The lowest BCUT2D eigenvalue weighted by Crippen LogP contribution is -2.09. The molecule has 3 rings (SSSR count). The van der Waals surface area contributed by atoms with E-state index in [1.54, 1.807) is 0 Å². The second-order valence-corrected chi connectivity index (χ2v) is 4.52. The van der Waals surface area contributed by atoms with Crippen LogP contribution >= 0.6 is 15.9 Å². The number of benzene rings is 1. The number of halogens is 2. The topological polar surface area (TPSA) is 72.3 Å². The van der Waals surface area contributed by atoms with E-state index >= 15 is 0 Å². The minimum Gasteiger partial charge on any atom is -0.438 e. The molecule has 1 N–H and O–H groups in total. The van der Waals surface area contributed by atoms with Crippen molar-refractivity contribution in [3.05, 3.63) is 51.4 Å². The van der Waals surface area contributed by atoms with E-state index < -0.39 is 5.82 Å². The molecule has 6 nitrogen and oxygen atoms in total. The van der Waals surface area contributed by atoms with E-state index in [4.69, 9.17) is 4.74 Å². The van der Waals surface area contributed by atoms with Gasteiger partial charge in [-0.1, -0.05) is 0 Å². The molecule has 8 heteroatoms. The fourth-order valence-electron chi connectivity index (χ4n) is 1.52. The van der Waals surface area contributed by atoms with E-state index in [-0.39, 0.29) is 17.3 Å². The predicted octanol–water partition coefficient (Wildman–Crippen LogP) is 2.11. The van der Waals surface area contributed by atoms with E-state index in [0.717, 1.165) is 0 Å². The summed E-state index contributed by atoms with van der Waals surface area (Å²) in [6.45, 7) is 0. The molecule has 0 radical (unpaired) electrons. The van der Waals surface area contributed by atoms with Gasteiger partial charge < -0.3 is 4.74 Å². The SMILES string of the molecule is O=c1[nH]nc2cc(Oc3cc(F)ccc3Br)ncn12. The number of rotatable bonds is 2. The molecule has 0 atom stereocenters. The Morgan fingerprint density at radius 1 is 1.37 bits per heavy atom. The number of fused-ring (bicyclic) bond motifs is 1. The van der Waals surface area contributed by atoms with Gasteiger partial charge in [0.2, 0.25) is 5.88 Å². The van der Waals surface area contributed by atoms with Crippen LogP contribution in [0.1, 0.15) is 0 Å². The van der Waals surface area contributed by atoms with E-state index in [2.05, 4.69) is 31.1 Å². The van der Waals surface area contributed by atoms with Crippen LogP contribution < -0.4 is 10.4 Å². The minimum atomic E-state index is -0.421. The highest BCUT2D eigenvalue weighted by atomic mass is 79.9. The number of aromatic nitrogens is 4. The van der Waals surface area contributed by atoms with Crippen molar-refractivity contribution in [2.45, 2.75) is 0 Å². The fraction of sp³-hybridized carbons (Fsp3) is 0. The lowest BCUT2D eigenvalue weighted by Gasteiger charge is -2.06. The van der Waals surface area contributed by atoms with Gasteiger partial charge in [-0.25, -0.2) is 23.7 Å². The lowest BCUT2D eigenvalue weighted by molar-refractivity contribution is 0.454. The Hall–Kier alpha value is -2.22. The molecule has 0 saturated heterocycles. The number of aromatic amines is 1. The van der Waals surface area contributed by atoms with E-state index in [9.17, 15) is 9.18 Å². The Balaban J connectivity index is 2.01. The van der Waals surface area contributed by atoms with Crippen molar-refractivity contribution < 1.29 is 9.13 Å². The van der Waals surface area contributed by atoms with Crippen LogP contribution in [0, 0.1) is 5.82 Å². The largest absolute Gasteiger partial charge is 0.438 e. The van der Waals surface area contributed by atoms with Gasteiger partial charge in [-0.15, -0.1) is 0 Å². The van der Waals surface area contributed by atoms with Crippen LogP contribution in [-0.2, 0) is 0 Å². The monoisotopic (exact) mass is 324 g/mol. The zero-order chi connectivity index (χ0) is 13.4. The summed E-state index contributed by atoms with van der Waals surface area (Å²) < 4.78 is 20.4. The summed E-state index contributed by atoms with van der Waals surface area (Å²) in [7, 11) is 0. The van der Waals surface area contributed by atoms with Crippen molar-refractivity contribution in [2.75, 3.05) is 0 Å². The number of ether oxygens (including phenoxy) is 1. The van der Waals surface area contributed by atoms with Crippen LogP contribution in [0.4, 0.5) is 4.39 Å². The van der Waals surface area contributed by atoms with Crippen LogP contribution in [-0.4, -0.2) is 19.6 Å². The van der Waals surface area contributed by atoms with Gasteiger partial charge in [-0.3, -0.25) is 0 Å². The molecule has 1 aromatic carbocycles. The van der Waals surface area contributed by atoms with Crippen LogP contribution in [0.15, 0.2) is 39.9 Å². The van der Waals surface area contributed by atoms with Gasteiger partial charge in [0.05, 0.1) is 4.47 Å². The Morgan fingerprint density at radius 2 is 2.21 bits per heavy atom. The van der Waals surface area contributed by atoms with E-state index in [0.29, 0.717) is 10.1 Å². The third kappa shape index (κ3) is 2.22. The Bertz CT molecular complexity index is 814. The molecule has 0 unspecified atom stereocenters. The molecule has 0 spiro atoms. The van der Waals surface area contributed by atoms with Gasteiger partial charge in [-0.2, -0.15) is 5.10 Å². The second kappa shape index (κ2) is 4.47. The van der Waals surface area contributed by atoms with Crippen molar-refractivity contribution in [2.24, 2.45) is 0 Å². The molecule has 0 saturated carbocycles. The summed E-state index contributed by atoms with van der Waals surface area (Å²) >= 11 is 3.25. The molecular formula is C11H6BrFN4O2. The van der Waals surface area contributed by atoms with Gasteiger partial charge in [0.15, 0.2) is 5.65 Å². The van der Waals surface area contributed by atoms with Gasteiger partial charge >= 0.3 is 5.69 Å². The highest BCUT2D eigenvalue weighted by Crippen LogP contribution is 2.29. The number of nitrogens with zero attached hydrogens (tertiary/aromatic N) is 3. The first-order valence-corrected chi connectivity index (χ1v) is 5.98. The quantitative estimate of drug-likeness (QED) is 0.783. The summed E-state index contributed by atoms with van der Waals surface area (Å²) in [6, 6.07) is 5.53. The van der Waals surface area contributed by atoms with E-state index in [1.807, 2.05) is 0 Å². The normalized spacial score (nSPS) is 10.8. The van der Waals surface area contributed by atoms with Crippen LogP contribution in [0.3, 0.4) is 0 Å². The first-order valence-electron chi connectivity index (χ1n) is 5.19. The molecule has 0 aliphatic carbocycles. The summed E-state index contributed by atoms with van der Waals surface area (Å²) in [5, 5.41) is 6.06. The maximum atomic E-state index is 13.1. The van der Waals surface area contributed by atoms with Gasteiger partial charge in [0.25, 0.3) is 0 Å². The molecule has 0 aliphatic heterocycles. The smallest absolute Gasteiger partial charge is 0.348 e. The first-order chi connectivity index (χ1) is 9.13. The lowest BCUT2D eigenvalue weighted by atomic mass is 10.3. The van der Waals surface area contributed by atoms with Crippen molar-refractivity contribution in [3.63, 3.8) is 0 Å². The highest BCUT2D eigenvalue weighted by molar-refractivity contribution is 9.10. The van der Waals surface area contributed by atoms with Gasteiger partial charge in [-0.05, 0) is 28.1 Å². The van der Waals surface area contributed by atoms with Crippen LogP contribution in [0.5, 0.6) is 11.6 Å². The first kappa shape index (κ1) is 11.8. The Morgan fingerprint density at radius 3 is 3.05 bits per heavy atom. The number of nitrogens with one attached hydrogen (secondary N) is 1. The minimum absolute atomic E-state index is 0.206. The third-order valence-corrected chi connectivity index (χ3v) is 3.05. The zero-order valence-corrected chi connectivity index (χ0v) is 10.9. The Labute approximate surface area is 114 Å². The number of hydrogen-bond acceptors (Lipinski definition) is 4. The van der Waals surface area contributed by atoms with Crippen LogP contribution in [0.25, 0.3) is 5.65 Å². The zero-order valence-electron chi connectivity index (χ0n) is 9.30. The average Bonchev–Trinajstić information content (AvgIpc) is 2.75. The molecule has 2 aromatic heterocycles. The van der Waals surface area contributed by atoms with E-state index in [1.165, 1.54) is 35.0 Å². The van der Waals surface area contributed by atoms with Crippen molar-refractivity contribution in [1.82, 2.24) is 19.6 Å². The molecule has 0 amide bonds. The fourth-order valence-corrected chi connectivity index (χ4v) is 1.84. The van der Waals surface area contributed by atoms with Crippen molar-refractivity contribution >= 4 is 21.6 Å². The number of H-pyrrole nitrogens is 1. The predicted molar refractivity (Wildman–Crippen MR) is 67.8 cm³/mol.